The number of ether oxygens (including phenoxy) is 12. The minimum atomic E-state index is -1.75. The fraction of sp³-hybridized carbons (Fsp3) is 0.214. The molecule has 0 aliphatic carbocycles. The van der Waals surface area contributed by atoms with E-state index in [9.17, 15) is 0 Å². The minimum Gasteiger partial charge on any atom is -0.657 e. The van der Waals surface area contributed by atoms with Gasteiger partial charge in [0.15, 0.2) is 46.0 Å². The Morgan fingerprint density at radius 3 is 0.649 bits per heavy atom. The number of methoxy groups -OCH3 is 12. The number of aromatic nitrogens is 4. The Balaban J connectivity index is 0.00000166. The summed E-state index contributed by atoms with van der Waals surface area (Å²) in [7, 11) is 18.9. The average Bonchev–Trinajstić information content (AvgIpc) is 4.30. The van der Waals surface area contributed by atoms with Crippen LogP contribution in [-0.2, 0) is 0 Å². The predicted molar refractivity (Wildman–Crippen MR) is 293 cm³/mol. The molecular formula is C56H52BiN5O15. The van der Waals surface area contributed by atoms with Crippen molar-refractivity contribution in [3.8, 4) is 114 Å². The van der Waals surface area contributed by atoms with Crippen LogP contribution in [0.15, 0.2) is 72.8 Å². The Morgan fingerprint density at radius 2 is 0.506 bits per heavy atom. The number of nitrogens with zero attached hydrogens (tertiary/aromatic N) is 5. The van der Waals surface area contributed by atoms with Crippen LogP contribution >= 0.6 is 0 Å². The van der Waals surface area contributed by atoms with Crippen molar-refractivity contribution >= 4 is 72.6 Å². The van der Waals surface area contributed by atoms with Crippen LogP contribution in [0.3, 0.4) is 0 Å². The maximum absolute atomic E-state index is 8.25. The molecule has 9 rings (SSSR count). The first-order chi connectivity index (χ1) is 36.8. The molecule has 3 aromatic heterocycles. The monoisotopic (exact) mass is 1240 g/mol. The summed E-state index contributed by atoms with van der Waals surface area (Å²) >= 11 is 0. The quantitative estimate of drug-likeness (QED) is 0.0497. The van der Waals surface area contributed by atoms with Crippen molar-refractivity contribution in [2.75, 3.05) is 85.3 Å². The fourth-order valence-corrected chi connectivity index (χ4v) is 9.17. The maximum atomic E-state index is 8.25. The van der Waals surface area contributed by atoms with Gasteiger partial charge in [0, 0.05) is 0 Å². The van der Waals surface area contributed by atoms with Gasteiger partial charge in [-0.3, -0.25) is 0 Å². The van der Waals surface area contributed by atoms with Crippen molar-refractivity contribution in [3.63, 3.8) is 0 Å². The second-order valence-corrected chi connectivity index (χ2v) is 16.2. The van der Waals surface area contributed by atoms with Gasteiger partial charge < -0.3 is 82.1 Å². The second kappa shape index (κ2) is 24.2. The third-order valence-electron chi connectivity index (χ3n) is 12.4. The Bertz CT molecular complexity index is 3060. The normalized spacial score (nSPS) is 11.1. The Kier molecular flexibility index (Phi) is 17.6. The molecule has 20 nitrogen and oxygen atoms in total. The first kappa shape index (κ1) is 55.9. The summed E-state index contributed by atoms with van der Waals surface area (Å²) in [5.41, 5.74) is 10.1. The van der Waals surface area contributed by atoms with Gasteiger partial charge in [0.2, 0.25) is 23.0 Å². The summed E-state index contributed by atoms with van der Waals surface area (Å²) in [6, 6.07) is 22.8. The molecule has 0 fully saturated rings. The van der Waals surface area contributed by atoms with Crippen LogP contribution in [0.1, 0.15) is 22.8 Å². The third kappa shape index (κ3) is 10.7. The Labute approximate surface area is 461 Å². The second-order valence-electron chi connectivity index (χ2n) is 16.2. The largest absolute Gasteiger partial charge is 3.00 e. The summed E-state index contributed by atoms with van der Waals surface area (Å²) in [4.78, 5) is 29.9. The summed E-state index contributed by atoms with van der Waals surface area (Å²) in [6.07, 6.45) is 7.79. The molecule has 0 unspecified atom stereocenters. The van der Waals surface area contributed by atoms with Crippen molar-refractivity contribution in [2.45, 2.75) is 0 Å². The van der Waals surface area contributed by atoms with Crippen molar-refractivity contribution in [1.82, 2.24) is 19.9 Å². The van der Waals surface area contributed by atoms with Gasteiger partial charge in [-0.2, -0.15) is 0 Å². The van der Waals surface area contributed by atoms with Crippen molar-refractivity contribution in [3.05, 3.63) is 111 Å². The van der Waals surface area contributed by atoms with Gasteiger partial charge in [0.05, 0.1) is 113 Å². The van der Waals surface area contributed by atoms with Crippen LogP contribution in [-0.4, -0.2) is 127 Å². The van der Waals surface area contributed by atoms with E-state index in [4.69, 9.17) is 92.1 Å². The van der Waals surface area contributed by atoms with Gasteiger partial charge >= 0.3 is 26.2 Å². The molecule has 4 aromatic carbocycles. The third-order valence-corrected chi connectivity index (χ3v) is 12.4. The molecule has 0 N–H and O–H groups in total. The summed E-state index contributed by atoms with van der Waals surface area (Å²) in [5, 5.41) is 14.8. The van der Waals surface area contributed by atoms with E-state index in [2.05, 4.69) is 0 Å². The molecule has 0 saturated carbocycles. The average molecular weight is 1240 g/mol. The first-order valence-electron chi connectivity index (χ1n) is 22.9. The number of rotatable bonds is 16. The summed E-state index contributed by atoms with van der Waals surface area (Å²) in [6.45, 7) is 0. The Hall–Kier alpha value is -8.84. The van der Waals surface area contributed by atoms with Crippen LogP contribution in [0.25, 0.3) is 90.9 Å². The van der Waals surface area contributed by atoms with Crippen molar-refractivity contribution in [1.29, 1.82) is 0 Å². The van der Waals surface area contributed by atoms with Crippen LogP contribution in [0.5, 0.6) is 69.0 Å². The summed E-state index contributed by atoms with van der Waals surface area (Å²) < 4.78 is 70.1. The Morgan fingerprint density at radius 1 is 0.338 bits per heavy atom. The van der Waals surface area contributed by atoms with Gasteiger partial charge in [0.25, 0.3) is 0 Å². The van der Waals surface area contributed by atoms with Gasteiger partial charge in [-0.05, 0) is 117 Å². The smallest absolute Gasteiger partial charge is 0.657 e. The molecule has 7 aromatic rings. The van der Waals surface area contributed by atoms with E-state index in [1.807, 2.05) is 97.1 Å². The molecule has 77 heavy (non-hydrogen) atoms. The zero-order chi connectivity index (χ0) is 54.4. The van der Waals surface area contributed by atoms with E-state index in [0.29, 0.717) is 158 Å². The zero-order valence-corrected chi connectivity index (χ0v) is 47.5. The molecule has 0 atom stereocenters. The minimum absolute atomic E-state index is 0. The molecule has 2 aliphatic heterocycles. The molecule has 0 spiro atoms. The zero-order valence-electron chi connectivity index (χ0n) is 44.0. The predicted octanol–water partition coefficient (Wildman–Crippen LogP) is 10.1. The van der Waals surface area contributed by atoms with Crippen LogP contribution in [0.2, 0.25) is 0 Å². The molecule has 2 aliphatic rings. The molecule has 8 bridgehead atoms. The SMILES string of the molecule is COc1cc(-c2c3nc(c(-c4cc(OC)c(OC)c(OC)c4)c4ccc([n-]4)c(-c4cc(OC)c(OC)c(OC)c4)c4nc(c(-c5cc(OC)c(OC)c(OC)c5)c5ccc2[n-]5)C=C4)C=C3)cc(OC)c1OC.O=[N+]([O-])[O-].[Bi+3]. The standard InChI is InChI=1S/C56H52N4O12.Bi.NO3/c1-61-41-21-29(22-42(62-2)53(41)69-9)49-33-13-15-35(57-33)50(30-23-43(63-3)54(70-10)44(24-30)64-4)37-17-19-39(59-37)52(32-27-47(67-7)56(72-12)48(28-32)68-8)40-20-18-38(60-40)51(36-16-14-34(49)58-36)31-25-45(65-5)55(71-11)46(26-31)66-6;;2-1(3)4/h13-28H,1-12H3;;/q-2;+3;-1. The van der Waals surface area contributed by atoms with E-state index < -0.39 is 5.09 Å². The van der Waals surface area contributed by atoms with E-state index in [0.717, 1.165) is 0 Å². The van der Waals surface area contributed by atoms with E-state index in [1.54, 1.807) is 85.3 Å². The number of fused-ring (bicyclic) bond motifs is 8. The molecule has 396 valence electrons. The maximum Gasteiger partial charge on any atom is 3.00 e. The van der Waals surface area contributed by atoms with Crippen LogP contribution in [0.4, 0.5) is 0 Å². The molecular weight excluding hydrogens is 1190 g/mol. The van der Waals surface area contributed by atoms with Crippen molar-refractivity contribution < 1.29 is 61.9 Å². The van der Waals surface area contributed by atoms with Gasteiger partial charge in [-0.15, -0.1) is 22.1 Å². The first-order valence-corrected chi connectivity index (χ1v) is 22.9. The number of hydrogen-bond acceptors (Lipinski definition) is 17. The molecule has 21 heteroatoms. The van der Waals surface area contributed by atoms with Crippen LogP contribution in [0, 0.1) is 15.3 Å². The van der Waals surface area contributed by atoms with Gasteiger partial charge in [-0.1, -0.05) is 24.3 Å². The molecule has 0 amide bonds. The van der Waals surface area contributed by atoms with Crippen molar-refractivity contribution in [2.24, 2.45) is 0 Å². The molecule has 5 heterocycles. The number of hydrogen-bond donors (Lipinski definition) is 0. The van der Waals surface area contributed by atoms with Crippen LogP contribution < -0.4 is 66.8 Å². The molecule has 2 radical (unpaired) electrons. The van der Waals surface area contributed by atoms with Gasteiger partial charge in [0.1, 0.15) is 0 Å². The molecule has 0 saturated heterocycles. The van der Waals surface area contributed by atoms with E-state index in [1.165, 1.54) is 0 Å². The van der Waals surface area contributed by atoms with E-state index in [-0.39, 0.29) is 26.2 Å². The van der Waals surface area contributed by atoms with E-state index >= 15 is 0 Å². The number of benzene rings is 4. The topological polar surface area (TPSA) is 231 Å². The summed E-state index contributed by atoms with van der Waals surface area (Å²) in [5.74, 6) is 5.28. The fourth-order valence-electron chi connectivity index (χ4n) is 9.17. The van der Waals surface area contributed by atoms with Gasteiger partial charge in [-0.25, -0.2) is 9.97 Å².